The van der Waals surface area contributed by atoms with Crippen molar-refractivity contribution >= 4 is 0 Å². The second kappa shape index (κ2) is 23.5. The van der Waals surface area contributed by atoms with E-state index in [1.54, 1.807) is 0 Å². The summed E-state index contributed by atoms with van der Waals surface area (Å²) in [5, 5.41) is 21.5. The average Bonchev–Trinajstić information content (AvgIpc) is 3.13. The lowest BCUT2D eigenvalue weighted by Gasteiger charge is -2.24. The Labute approximate surface area is 303 Å². The van der Waals surface area contributed by atoms with Crippen LogP contribution in [0.15, 0.2) is 95.4 Å². The molecule has 4 aliphatic heterocycles. The zero-order valence-corrected chi connectivity index (χ0v) is 30.8. The number of nitrogens with zero attached hydrogens (tertiary/aromatic N) is 2. The van der Waals surface area contributed by atoms with Crippen molar-refractivity contribution in [2.75, 3.05) is 91.6 Å². The van der Waals surface area contributed by atoms with Crippen LogP contribution in [-0.2, 0) is 13.1 Å². The van der Waals surface area contributed by atoms with Crippen molar-refractivity contribution in [2.24, 2.45) is 0 Å². The topological polar surface area (TPSA) is 78.7 Å². The SMILES string of the molecule is C1=C2/C=C\CCNCCCN(Cc3ccc(CN4CCCNC/C=C5\CNC=C(/C=C\CCNCCC4)C5)cc3)CCCNC/C=C(\CN1)C2. The van der Waals surface area contributed by atoms with Crippen molar-refractivity contribution in [3.05, 3.63) is 107 Å². The second-order valence-electron chi connectivity index (χ2n) is 14.4. The van der Waals surface area contributed by atoms with Crippen molar-refractivity contribution < 1.29 is 0 Å². The summed E-state index contributed by atoms with van der Waals surface area (Å²) in [5.41, 5.74) is 8.58. The number of nitrogens with one attached hydrogen (secondary N) is 6. The Morgan fingerprint density at radius 2 is 0.920 bits per heavy atom. The molecular formula is C42H66N8. The molecule has 50 heavy (non-hydrogen) atoms. The minimum atomic E-state index is 0.954. The van der Waals surface area contributed by atoms with Gasteiger partial charge in [-0.2, -0.15) is 0 Å². The normalized spacial score (nSPS) is 25.9. The van der Waals surface area contributed by atoms with Gasteiger partial charge in [-0.25, -0.2) is 0 Å². The lowest BCUT2D eigenvalue weighted by atomic mass is 10.0. The molecule has 0 spiro atoms. The van der Waals surface area contributed by atoms with E-state index in [4.69, 9.17) is 0 Å². The molecule has 0 saturated carbocycles. The van der Waals surface area contributed by atoms with Gasteiger partial charge in [0.2, 0.25) is 0 Å². The van der Waals surface area contributed by atoms with Gasteiger partial charge in [-0.1, -0.05) is 60.7 Å². The van der Waals surface area contributed by atoms with Crippen LogP contribution in [0.25, 0.3) is 0 Å². The van der Waals surface area contributed by atoms with Gasteiger partial charge in [-0.3, -0.25) is 9.80 Å². The molecule has 0 fully saturated rings. The molecule has 0 unspecified atom stereocenters. The standard InChI is InChI=1S/C42H66N8/c1-3-17-43-19-5-25-49(27-7-21-45-23-15-41-29-39(9-1)31-47-33-41)35-37-11-13-38(14-12-37)36-50-26-6-20-44-18-4-2-10-40-30-42(34-48-32-40)16-24-46-22-8-28-50/h1-2,9-16,31-32,43-48H,3-8,17-30,33-36H2/b9-1-,10-2-,41-15-,42-16-. The van der Waals surface area contributed by atoms with Crippen LogP contribution in [0.1, 0.15) is 62.5 Å². The fourth-order valence-electron chi connectivity index (χ4n) is 7.12. The highest BCUT2D eigenvalue weighted by Crippen LogP contribution is 2.17. The van der Waals surface area contributed by atoms with Gasteiger partial charge in [0.05, 0.1) is 0 Å². The molecule has 4 bridgehead atoms. The Bertz CT molecular complexity index is 1190. The molecule has 4 heterocycles. The van der Waals surface area contributed by atoms with E-state index in [0.717, 1.165) is 130 Å². The fraction of sp³-hybridized carbons (Fsp3) is 0.571. The summed E-state index contributed by atoms with van der Waals surface area (Å²) in [6.07, 6.45) is 27.3. The molecular weight excluding hydrogens is 617 g/mol. The molecule has 5 rings (SSSR count). The maximum atomic E-state index is 3.67. The lowest BCUT2D eigenvalue weighted by Crippen LogP contribution is -2.31. The smallest absolute Gasteiger partial charge is 0.0358 e. The predicted octanol–water partition coefficient (Wildman–Crippen LogP) is 4.74. The maximum absolute atomic E-state index is 3.67. The van der Waals surface area contributed by atoms with Crippen LogP contribution in [0.3, 0.4) is 0 Å². The molecule has 8 nitrogen and oxygen atoms in total. The van der Waals surface area contributed by atoms with Crippen LogP contribution in [0.5, 0.6) is 0 Å². The molecule has 0 atom stereocenters. The first-order valence-corrected chi connectivity index (χ1v) is 19.7. The molecule has 8 heteroatoms. The Morgan fingerprint density at radius 1 is 0.500 bits per heavy atom. The van der Waals surface area contributed by atoms with E-state index in [1.807, 2.05) is 0 Å². The number of hydrogen-bond acceptors (Lipinski definition) is 8. The summed E-state index contributed by atoms with van der Waals surface area (Å²) >= 11 is 0. The van der Waals surface area contributed by atoms with Gasteiger partial charge >= 0.3 is 0 Å². The number of benzene rings is 1. The first-order valence-electron chi connectivity index (χ1n) is 19.7. The molecule has 1 aromatic rings. The largest absolute Gasteiger partial charge is 0.387 e. The summed E-state index contributed by atoms with van der Waals surface area (Å²) in [6, 6.07) is 9.52. The number of allylic oxidation sites excluding steroid dienone is 4. The van der Waals surface area contributed by atoms with Crippen LogP contribution >= 0.6 is 0 Å². The van der Waals surface area contributed by atoms with Crippen molar-refractivity contribution in [1.82, 2.24) is 41.7 Å². The van der Waals surface area contributed by atoms with Crippen molar-refractivity contribution in [3.8, 4) is 0 Å². The highest BCUT2D eigenvalue weighted by molar-refractivity contribution is 5.30. The van der Waals surface area contributed by atoms with Gasteiger partial charge in [0.1, 0.15) is 0 Å². The fourth-order valence-corrected chi connectivity index (χ4v) is 7.12. The van der Waals surface area contributed by atoms with Crippen LogP contribution in [0.4, 0.5) is 0 Å². The highest BCUT2D eigenvalue weighted by Gasteiger charge is 2.11. The number of rotatable bonds is 4. The molecule has 0 saturated heterocycles. The van der Waals surface area contributed by atoms with E-state index in [9.17, 15) is 0 Å². The minimum absolute atomic E-state index is 0.954. The molecule has 274 valence electrons. The number of fused-ring (bicyclic) bond motifs is 4. The Hall–Kier alpha value is -2.98. The molecule has 6 N–H and O–H groups in total. The first kappa shape index (κ1) is 38.3. The maximum Gasteiger partial charge on any atom is 0.0358 e. The molecule has 1 aromatic carbocycles. The minimum Gasteiger partial charge on any atom is -0.387 e. The van der Waals surface area contributed by atoms with E-state index in [2.05, 4.69) is 115 Å². The Kier molecular flexibility index (Phi) is 18.0. The zero-order chi connectivity index (χ0) is 34.3. The summed E-state index contributed by atoms with van der Waals surface area (Å²) in [7, 11) is 0. The first-order chi connectivity index (χ1) is 24.8. The second-order valence-corrected chi connectivity index (χ2v) is 14.4. The highest BCUT2D eigenvalue weighted by atomic mass is 15.1. The van der Waals surface area contributed by atoms with Crippen LogP contribution in [0, 0.1) is 0 Å². The molecule has 0 amide bonds. The summed E-state index contributed by atoms with van der Waals surface area (Å²) in [4.78, 5) is 5.31. The summed E-state index contributed by atoms with van der Waals surface area (Å²) in [5.74, 6) is 0. The van der Waals surface area contributed by atoms with Gasteiger partial charge in [-0.05, 0) is 150 Å². The Morgan fingerprint density at radius 3 is 1.36 bits per heavy atom. The van der Waals surface area contributed by atoms with Crippen molar-refractivity contribution in [1.29, 1.82) is 0 Å². The summed E-state index contributed by atoms with van der Waals surface area (Å²) in [6.45, 7) is 16.7. The molecule has 0 radical (unpaired) electrons. The summed E-state index contributed by atoms with van der Waals surface area (Å²) < 4.78 is 0. The molecule has 4 aliphatic rings. The third kappa shape index (κ3) is 15.5. The molecule has 0 aliphatic carbocycles. The van der Waals surface area contributed by atoms with Crippen molar-refractivity contribution in [3.63, 3.8) is 0 Å². The zero-order valence-electron chi connectivity index (χ0n) is 30.8. The quantitative estimate of drug-likeness (QED) is 0.255. The predicted molar refractivity (Wildman–Crippen MR) is 212 cm³/mol. The van der Waals surface area contributed by atoms with Gasteiger partial charge in [0.15, 0.2) is 0 Å². The van der Waals surface area contributed by atoms with Crippen molar-refractivity contribution in [2.45, 2.75) is 64.5 Å². The van der Waals surface area contributed by atoms with Gasteiger partial charge in [0.25, 0.3) is 0 Å². The lowest BCUT2D eigenvalue weighted by molar-refractivity contribution is 0.255. The molecule has 0 aromatic heterocycles. The van der Waals surface area contributed by atoms with Crippen LogP contribution in [-0.4, -0.2) is 101 Å². The van der Waals surface area contributed by atoms with Gasteiger partial charge in [-0.15, -0.1) is 0 Å². The number of hydrogen-bond donors (Lipinski definition) is 6. The average molecular weight is 683 g/mol. The van der Waals surface area contributed by atoms with Crippen LogP contribution in [0.2, 0.25) is 0 Å². The van der Waals surface area contributed by atoms with E-state index in [0.29, 0.717) is 0 Å². The van der Waals surface area contributed by atoms with Crippen LogP contribution < -0.4 is 31.9 Å². The van der Waals surface area contributed by atoms with E-state index in [-0.39, 0.29) is 0 Å². The monoisotopic (exact) mass is 683 g/mol. The van der Waals surface area contributed by atoms with Gasteiger partial charge < -0.3 is 31.9 Å². The van der Waals surface area contributed by atoms with Gasteiger partial charge in [0, 0.05) is 51.7 Å². The van der Waals surface area contributed by atoms with E-state index < -0.39 is 0 Å². The van der Waals surface area contributed by atoms with E-state index >= 15 is 0 Å². The third-order valence-corrected chi connectivity index (χ3v) is 9.95. The van der Waals surface area contributed by atoms with E-state index in [1.165, 1.54) is 59.1 Å². The third-order valence-electron chi connectivity index (χ3n) is 9.95. The Balaban J connectivity index is 1.08.